The molecule has 0 radical (unpaired) electrons. The molecule has 6 heteroatoms. The van der Waals surface area contributed by atoms with E-state index < -0.39 is 5.97 Å². The zero-order valence-electron chi connectivity index (χ0n) is 13.7. The topological polar surface area (TPSA) is 72.1 Å². The van der Waals surface area contributed by atoms with E-state index in [4.69, 9.17) is 4.74 Å². The quantitative estimate of drug-likeness (QED) is 0.497. The van der Waals surface area contributed by atoms with Crippen molar-refractivity contribution in [1.29, 1.82) is 0 Å². The molecular formula is C17H20N2O3S. The fourth-order valence-corrected chi connectivity index (χ4v) is 3.23. The van der Waals surface area contributed by atoms with Gasteiger partial charge in [0.15, 0.2) is 5.78 Å². The lowest BCUT2D eigenvalue weighted by Crippen LogP contribution is -2.15. The van der Waals surface area contributed by atoms with E-state index in [1.165, 1.54) is 11.8 Å². The van der Waals surface area contributed by atoms with E-state index in [9.17, 15) is 9.59 Å². The van der Waals surface area contributed by atoms with Crippen molar-refractivity contribution in [2.24, 2.45) is 0 Å². The summed E-state index contributed by atoms with van der Waals surface area (Å²) < 4.78 is 5.05. The summed E-state index contributed by atoms with van der Waals surface area (Å²) in [6, 6.07) is 5.58. The lowest BCUT2D eigenvalue weighted by Gasteiger charge is -2.09. The molecule has 0 unspecified atom stereocenters. The Morgan fingerprint density at radius 3 is 2.70 bits per heavy atom. The maximum Gasteiger partial charge on any atom is 0.340 e. The molecule has 2 aromatic heterocycles. The van der Waals surface area contributed by atoms with Crippen LogP contribution < -0.4 is 0 Å². The number of carbonyl (C=O) groups is 2. The maximum absolute atomic E-state index is 12.7. The Bertz CT molecular complexity index is 710. The highest BCUT2D eigenvalue weighted by Crippen LogP contribution is 2.26. The Hall–Kier alpha value is -2.08. The standard InChI is InChI=1S/C17H20N2O3S/c1-5-22-17(21)14-10(2)15(19-11(14)3)16(20)12(4)23-13-8-6-7-9-18-13/h6-9,12,19H,5H2,1-4H3/t12-/m0/s1. The van der Waals surface area contributed by atoms with Crippen molar-refractivity contribution >= 4 is 23.5 Å². The third-order valence-electron chi connectivity index (χ3n) is 3.47. The first kappa shape index (κ1) is 17.3. The van der Waals surface area contributed by atoms with Crippen molar-refractivity contribution in [3.05, 3.63) is 46.9 Å². The van der Waals surface area contributed by atoms with Crippen molar-refractivity contribution in [3.8, 4) is 0 Å². The van der Waals surface area contributed by atoms with Crippen molar-refractivity contribution in [1.82, 2.24) is 9.97 Å². The zero-order chi connectivity index (χ0) is 17.0. The van der Waals surface area contributed by atoms with Crippen molar-refractivity contribution in [3.63, 3.8) is 0 Å². The average Bonchev–Trinajstić information content (AvgIpc) is 2.82. The fraction of sp³-hybridized carbons (Fsp3) is 0.353. The predicted octanol–water partition coefficient (Wildman–Crippen LogP) is 3.57. The van der Waals surface area contributed by atoms with Gasteiger partial charge in [-0.25, -0.2) is 9.78 Å². The number of aromatic nitrogens is 2. The molecule has 2 aromatic rings. The molecule has 0 aromatic carbocycles. The van der Waals surface area contributed by atoms with Crippen LogP contribution in [0.5, 0.6) is 0 Å². The number of ether oxygens (including phenoxy) is 1. The number of ketones is 1. The highest BCUT2D eigenvalue weighted by Gasteiger charge is 2.26. The van der Waals surface area contributed by atoms with Gasteiger partial charge in [0.1, 0.15) is 0 Å². The largest absolute Gasteiger partial charge is 0.462 e. The Kier molecular flexibility index (Phi) is 5.60. The summed E-state index contributed by atoms with van der Waals surface area (Å²) in [6.45, 7) is 7.43. The fourth-order valence-electron chi connectivity index (χ4n) is 2.36. The van der Waals surface area contributed by atoms with Gasteiger partial charge in [-0.15, -0.1) is 0 Å². The first-order valence-corrected chi connectivity index (χ1v) is 8.31. The molecule has 122 valence electrons. The SMILES string of the molecule is CCOC(=O)c1c(C)[nH]c(C(=O)[C@H](C)Sc2ccccn2)c1C. The van der Waals surface area contributed by atoms with Crippen LogP contribution in [-0.4, -0.2) is 33.6 Å². The molecule has 2 rings (SSSR count). The number of thioether (sulfide) groups is 1. The molecule has 0 aliphatic rings. The average molecular weight is 332 g/mol. The summed E-state index contributed by atoms with van der Waals surface area (Å²) in [5.74, 6) is -0.459. The van der Waals surface area contributed by atoms with Gasteiger partial charge in [0.25, 0.3) is 0 Å². The van der Waals surface area contributed by atoms with E-state index in [-0.39, 0.29) is 11.0 Å². The first-order valence-electron chi connectivity index (χ1n) is 7.43. The normalized spacial score (nSPS) is 12.0. The predicted molar refractivity (Wildman–Crippen MR) is 90.1 cm³/mol. The lowest BCUT2D eigenvalue weighted by atomic mass is 10.1. The number of nitrogens with zero attached hydrogens (tertiary/aromatic N) is 1. The molecule has 1 atom stereocenters. The van der Waals surface area contributed by atoms with E-state index in [2.05, 4.69) is 9.97 Å². The van der Waals surface area contributed by atoms with E-state index in [1.54, 1.807) is 27.0 Å². The summed E-state index contributed by atoms with van der Waals surface area (Å²) in [5.41, 5.74) is 2.20. The van der Waals surface area contributed by atoms with Gasteiger partial charge >= 0.3 is 5.97 Å². The third kappa shape index (κ3) is 3.82. The van der Waals surface area contributed by atoms with Gasteiger partial charge < -0.3 is 9.72 Å². The molecule has 0 spiro atoms. The van der Waals surface area contributed by atoms with Crippen LogP contribution in [0.4, 0.5) is 0 Å². The summed E-state index contributed by atoms with van der Waals surface area (Å²) >= 11 is 1.39. The molecule has 0 aliphatic carbocycles. The van der Waals surface area contributed by atoms with Crippen molar-refractivity contribution < 1.29 is 14.3 Å². The lowest BCUT2D eigenvalue weighted by molar-refractivity contribution is 0.0525. The second kappa shape index (κ2) is 7.46. The number of pyridine rings is 1. The van der Waals surface area contributed by atoms with Crippen LogP contribution in [-0.2, 0) is 4.74 Å². The number of hydrogen-bond donors (Lipinski definition) is 1. The van der Waals surface area contributed by atoms with Crippen LogP contribution >= 0.6 is 11.8 Å². The number of aromatic amines is 1. The minimum Gasteiger partial charge on any atom is -0.462 e. The zero-order valence-corrected chi connectivity index (χ0v) is 14.5. The van der Waals surface area contributed by atoms with Crippen LogP contribution in [0.2, 0.25) is 0 Å². The highest BCUT2D eigenvalue weighted by molar-refractivity contribution is 8.00. The van der Waals surface area contributed by atoms with E-state index >= 15 is 0 Å². The highest BCUT2D eigenvalue weighted by atomic mass is 32.2. The van der Waals surface area contributed by atoms with Crippen LogP contribution in [0, 0.1) is 13.8 Å². The van der Waals surface area contributed by atoms with E-state index in [0.717, 1.165) is 5.03 Å². The Morgan fingerprint density at radius 1 is 1.35 bits per heavy atom. The summed E-state index contributed by atoms with van der Waals surface area (Å²) in [4.78, 5) is 32.0. The van der Waals surface area contributed by atoms with Gasteiger partial charge in [0.05, 0.1) is 28.1 Å². The smallest absolute Gasteiger partial charge is 0.340 e. The number of Topliss-reactive ketones (excluding diaryl/α,β-unsaturated/α-hetero) is 1. The minimum absolute atomic E-state index is 0.0585. The van der Waals surface area contributed by atoms with Gasteiger partial charge in [-0.3, -0.25) is 4.79 Å². The van der Waals surface area contributed by atoms with E-state index in [1.807, 2.05) is 25.1 Å². The van der Waals surface area contributed by atoms with Crippen molar-refractivity contribution in [2.75, 3.05) is 6.61 Å². The molecular weight excluding hydrogens is 312 g/mol. The maximum atomic E-state index is 12.7. The summed E-state index contributed by atoms with van der Waals surface area (Å²) in [5, 5.41) is 0.483. The molecule has 1 N–H and O–H groups in total. The Morgan fingerprint density at radius 2 is 2.09 bits per heavy atom. The van der Waals surface area contributed by atoms with Gasteiger partial charge in [0, 0.05) is 11.9 Å². The first-order chi connectivity index (χ1) is 11.0. The molecule has 0 saturated heterocycles. The Balaban J connectivity index is 2.22. The molecule has 23 heavy (non-hydrogen) atoms. The number of esters is 1. The monoisotopic (exact) mass is 332 g/mol. The number of hydrogen-bond acceptors (Lipinski definition) is 5. The van der Waals surface area contributed by atoms with E-state index in [0.29, 0.717) is 29.1 Å². The van der Waals surface area contributed by atoms with Crippen molar-refractivity contribution in [2.45, 2.75) is 38.0 Å². The summed E-state index contributed by atoms with van der Waals surface area (Å²) in [6.07, 6.45) is 1.70. The van der Waals surface area contributed by atoms with Crippen LogP contribution in [0.15, 0.2) is 29.4 Å². The third-order valence-corrected chi connectivity index (χ3v) is 4.52. The molecule has 0 amide bonds. The van der Waals surface area contributed by atoms with Gasteiger partial charge in [-0.2, -0.15) is 0 Å². The molecule has 0 aliphatic heterocycles. The van der Waals surface area contributed by atoms with Gasteiger partial charge in [-0.1, -0.05) is 17.8 Å². The number of H-pyrrole nitrogens is 1. The van der Waals surface area contributed by atoms with Crippen LogP contribution in [0.25, 0.3) is 0 Å². The molecule has 5 nitrogen and oxygen atoms in total. The minimum atomic E-state index is -0.400. The number of aryl methyl sites for hydroxylation is 1. The summed E-state index contributed by atoms with van der Waals surface area (Å²) in [7, 11) is 0. The molecule has 2 heterocycles. The second-order valence-corrected chi connectivity index (χ2v) is 6.50. The molecule has 0 fully saturated rings. The van der Waals surface area contributed by atoms with Gasteiger partial charge in [0.2, 0.25) is 0 Å². The van der Waals surface area contributed by atoms with Crippen LogP contribution in [0.3, 0.4) is 0 Å². The number of rotatable bonds is 6. The van der Waals surface area contributed by atoms with Gasteiger partial charge in [-0.05, 0) is 45.4 Å². The Labute approximate surface area is 139 Å². The van der Waals surface area contributed by atoms with Crippen LogP contribution in [0.1, 0.15) is 46.0 Å². The molecule has 0 saturated carbocycles. The number of carbonyl (C=O) groups excluding carboxylic acids is 2. The second-order valence-electron chi connectivity index (χ2n) is 5.14. The molecule has 0 bridgehead atoms. The number of nitrogens with one attached hydrogen (secondary N) is 1.